The summed E-state index contributed by atoms with van der Waals surface area (Å²) < 4.78 is 2.00. The van der Waals surface area contributed by atoms with Crippen LogP contribution in [0.2, 0.25) is 0 Å². The molecule has 2 saturated heterocycles. The quantitative estimate of drug-likeness (QED) is 0.836. The number of rotatable bonds is 3. The van der Waals surface area contributed by atoms with Crippen LogP contribution in [0, 0.1) is 0 Å². The van der Waals surface area contributed by atoms with Crippen molar-refractivity contribution in [2.75, 3.05) is 43.0 Å². The molecule has 0 radical (unpaired) electrons. The van der Waals surface area contributed by atoms with E-state index < -0.39 is 0 Å². The molecule has 2 amide bonds. The number of anilines is 2. The van der Waals surface area contributed by atoms with Crippen LogP contribution in [-0.2, 0) is 12.8 Å². The van der Waals surface area contributed by atoms with Crippen molar-refractivity contribution in [1.29, 1.82) is 0 Å². The van der Waals surface area contributed by atoms with Gasteiger partial charge in [0.1, 0.15) is 0 Å². The molecule has 2 aromatic heterocycles. The topological polar surface area (TPSA) is 70.4 Å². The number of amides is 2. The van der Waals surface area contributed by atoms with Crippen molar-refractivity contribution in [3.05, 3.63) is 29.7 Å². The van der Waals surface area contributed by atoms with Crippen molar-refractivity contribution in [3.63, 3.8) is 0 Å². The molecule has 0 aromatic carbocycles. The van der Waals surface area contributed by atoms with Crippen molar-refractivity contribution in [2.24, 2.45) is 0 Å². The van der Waals surface area contributed by atoms with Gasteiger partial charge in [-0.2, -0.15) is 10.2 Å². The standard InChI is InChI=1S/C18H23N7O/c1-22-7-8-24(18(22)26)15-10-19-25(12-15)14-5-6-23(11-14)17-9-13-3-2-4-16(13)20-21-17/h9-10,12,14H,2-8,11H2,1H3. The zero-order valence-corrected chi connectivity index (χ0v) is 15.0. The molecular weight excluding hydrogens is 330 g/mol. The monoisotopic (exact) mass is 353 g/mol. The summed E-state index contributed by atoms with van der Waals surface area (Å²) in [6, 6.07) is 2.56. The number of likely N-dealkylation sites (N-methyl/N-ethyl adjacent to an activating group) is 1. The molecule has 0 bridgehead atoms. The Hall–Kier alpha value is -2.64. The smallest absolute Gasteiger partial charge is 0.324 e. The van der Waals surface area contributed by atoms with Gasteiger partial charge in [-0.15, -0.1) is 5.10 Å². The van der Waals surface area contributed by atoms with Gasteiger partial charge in [-0.25, -0.2) is 4.79 Å². The summed E-state index contributed by atoms with van der Waals surface area (Å²) in [6.45, 7) is 3.32. The van der Waals surface area contributed by atoms with E-state index in [4.69, 9.17) is 0 Å². The van der Waals surface area contributed by atoms with Crippen LogP contribution >= 0.6 is 0 Å². The zero-order chi connectivity index (χ0) is 17.7. The first-order chi connectivity index (χ1) is 12.7. The molecular formula is C18H23N7O. The highest BCUT2D eigenvalue weighted by atomic mass is 16.2. The molecule has 1 aliphatic carbocycles. The lowest BCUT2D eigenvalue weighted by molar-refractivity contribution is 0.229. The molecule has 0 spiro atoms. The molecule has 4 heterocycles. The van der Waals surface area contributed by atoms with Crippen LogP contribution in [0.25, 0.3) is 0 Å². The van der Waals surface area contributed by atoms with Gasteiger partial charge in [0.25, 0.3) is 0 Å². The van der Waals surface area contributed by atoms with Gasteiger partial charge in [0.2, 0.25) is 0 Å². The first kappa shape index (κ1) is 15.6. The Morgan fingerprint density at radius 3 is 2.92 bits per heavy atom. The molecule has 1 atom stereocenters. The SMILES string of the molecule is CN1CCN(c2cnn(C3CCN(c4cc5c(nn4)CCC5)C3)c2)C1=O. The maximum atomic E-state index is 12.2. The minimum Gasteiger partial charge on any atom is -0.353 e. The van der Waals surface area contributed by atoms with E-state index in [1.807, 2.05) is 17.9 Å². The Balaban J connectivity index is 1.30. The van der Waals surface area contributed by atoms with Crippen LogP contribution in [0.5, 0.6) is 0 Å². The summed E-state index contributed by atoms with van der Waals surface area (Å²) >= 11 is 0. The second-order valence-electron chi connectivity index (χ2n) is 7.45. The summed E-state index contributed by atoms with van der Waals surface area (Å²) in [4.78, 5) is 18.0. The number of urea groups is 1. The Labute approximate surface area is 152 Å². The molecule has 2 aliphatic heterocycles. The van der Waals surface area contributed by atoms with E-state index >= 15 is 0 Å². The molecule has 2 aromatic rings. The van der Waals surface area contributed by atoms with E-state index in [2.05, 4.69) is 26.3 Å². The number of fused-ring (bicyclic) bond motifs is 1. The number of hydrogen-bond acceptors (Lipinski definition) is 5. The minimum absolute atomic E-state index is 0.0472. The van der Waals surface area contributed by atoms with Gasteiger partial charge in [0.05, 0.1) is 23.6 Å². The molecule has 8 nitrogen and oxygen atoms in total. The fraction of sp³-hybridized carbons (Fsp3) is 0.556. The first-order valence-corrected chi connectivity index (χ1v) is 9.36. The predicted octanol–water partition coefficient (Wildman–Crippen LogP) is 1.48. The molecule has 2 fully saturated rings. The van der Waals surface area contributed by atoms with Crippen molar-refractivity contribution in [1.82, 2.24) is 24.9 Å². The third kappa shape index (κ3) is 2.51. The van der Waals surface area contributed by atoms with Gasteiger partial charge in [-0.05, 0) is 37.3 Å². The lowest BCUT2D eigenvalue weighted by Gasteiger charge is -2.18. The van der Waals surface area contributed by atoms with E-state index in [1.54, 1.807) is 16.0 Å². The van der Waals surface area contributed by atoms with E-state index in [-0.39, 0.29) is 6.03 Å². The van der Waals surface area contributed by atoms with Gasteiger partial charge in [-0.3, -0.25) is 9.58 Å². The van der Waals surface area contributed by atoms with Crippen molar-refractivity contribution in [2.45, 2.75) is 31.7 Å². The van der Waals surface area contributed by atoms with Crippen LogP contribution in [0.1, 0.15) is 30.1 Å². The maximum absolute atomic E-state index is 12.2. The van der Waals surface area contributed by atoms with Crippen molar-refractivity contribution >= 4 is 17.5 Å². The fourth-order valence-corrected chi connectivity index (χ4v) is 4.19. The molecule has 8 heteroatoms. The average Bonchev–Trinajstić information content (AvgIpc) is 3.42. The highest BCUT2D eigenvalue weighted by molar-refractivity contribution is 5.93. The molecule has 3 aliphatic rings. The summed E-state index contributed by atoms with van der Waals surface area (Å²) in [5.74, 6) is 0.983. The van der Waals surface area contributed by atoms with E-state index in [1.165, 1.54) is 17.7 Å². The Kier molecular flexibility index (Phi) is 3.58. The molecule has 1 unspecified atom stereocenters. The minimum atomic E-state index is 0.0472. The van der Waals surface area contributed by atoms with E-state index in [0.717, 1.165) is 56.9 Å². The van der Waals surface area contributed by atoms with Gasteiger partial charge in [0.15, 0.2) is 5.82 Å². The number of aromatic nitrogens is 4. The summed E-state index contributed by atoms with van der Waals surface area (Å²) in [6.07, 6.45) is 8.19. The Morgan fingerprint density at radius 2 is 2.08 bits per heavy atom. The largest absolute Gasteiger partial charge is 0.353 e. The van der Waals surface area contributed by atoms with E-state index in [0.29, 0.717) is 6.04 Å². The van der Waals surface area contributed by atoms with Crippen molar-refractivity contribution in [3.8, 4) is 0 Å². The Morgan fingerprint density at radius 1 is 1.15 bits per heavy atom. The maximum Gasteiger partial charge on any atom is 0.324 e. The predicted molar refractivity (Wildman–Crippen MR) is 97.5 cm³/mol. The second-order valence-corrected chi connectivity index (χ2v) is 7.45. The summed E-state index contributed by atoms with van der Waals surface area (Å²) in [5.41, 5.74) is 3.41. The van der Waals surface area contributed by atoms with Gasteiger partial charge >= 0.3 is 6.03 Å². The van der Waals surface area contributed by atoms with Crippen LogP contribution in [0.3, 0.4) is 0 Å². The van der Waals surface area contributed by atoms with Crippen LogP contribution in [0.15, 0.2) is 18.5 Å². The lowest BCUT2D eigenvalue weighted by Crippen LogP contribution is -2.28. The number of aryl methyl sites for hydroxylation is 2. The number of carbonyl (C=O) groups excluding carboxylic acids is 1. The third-order valence-electron chi connectivity index (χ3n) is 5.78. The number of nitrogens with zero attached hydrogens (tertiary/aromatic N) is 7. The molecule has 0 saturated carbocycles. The summed E-state index contributed by atoms with van der Waals surface area (Å²) in [5, 5.41) is 13.4. The van der Waals surface area contributed by atoms with Gasteiger partial charge in [-0.1, -0.05) is 0 Å². The second kappa shape index (κ2) is 5.96. The first-order valence-electron chi connectivity index (χ1n) is 9.36. The van der Waals surface area contributed by atoms with E-state index in [9.17, 15) is 4.79 Å². The van der Waals surface area contributed by atoms with Crippen LogP contribution in [-0.4, -0.2) is 64.1 Å². The third-order valence-corrected chi connectivity index (χ3v) is 5.78. The lowest BCUT2D eigenvalue weighted by atomic mass is 10.2. The number of carbonyl (C=O) groups is 1. The molecule has 0 N–H and O–H groups in total. The highest BCUT2D eigenvalue weighted by Crippen LogP contribution is 2.29. The zero-order valence-electron chi connectivity index (χ0n) is 15.0. The molecule has 5 rings (SSSR count). The molecule has 136 valence electrons. The van der Waals surface area contributed by atoms with Crippen LogP contribution in [0.4, 0.5) is 16.3 Å². The highest BCUT2D eigenvalue weighted by Gasteiger charge is 2.30. The molecule has 26 heavy (non-hydrogen) atoms. The van der Waals surface area contributed by atoms with Crippen molar-refractivity contribution < 1.29 is 4.79 Å². The fourth-order valence-electron chi connectivity index (χ4n) is 4.19. The van der Waals surface area contributed by atoms with Gasteiger partial charge < -0.3 is 9.80 Å². The van der Waals surface area contributed by atoms with Crippen LogP contribution < -0.4 is 9.80 Å². The normalized spacial score (nSPS) is 22.6. The summed E-state index contributed by atoms with van der Waals surface area (Å²) in [7, 11) is 1.83. The van der Waals surface area contributed by atoms with Gasteiger partial charge in [0, 0.05) is 39.4 Å². The average molecular weight is 353 g/mol. The number of hydrogen-bond donors (Lipinski definition) is 0. The Bertz CT molecular complexity index is 848.